The van der Waals surface area contributed by atoms with Crippen LogP contribution >= 0.6 is 35.1 Å². The standard InChI is InChI=1S/C19H15FN4O3S2.ClH/c1-11-17(26)23(10-15-21-6-7-28-15)19(27)24-9-14(29-18(11)24)16(25)22-8-12-2-4-13(20)5-3-12;/h2-7,9H,8,10H2,1H3,(H,22,25);1H. The van der Waals surface area contributed by atoms with E-state index in [1.165, 1.54) is 34.1 Å². The van der Waals surface area contributed by atoms with Crippen molar-refractivity contribution in [2.45, 2.75) is 20.0 Å². The zero-order valence-electron chi connectivity index (χ0n) is 15.6. The fraction of sp³-hybridized carbons (Fsp3) is 0.158. The van der Waals surface area contributed by atoms with Crippen LogP contribution in [0.15, 0.2) is 51.6 Å². The maximum Gasteiger partial charge on any atom is 0.336 e. The number of halogens is 2. The zero-order valence-corrected chi connectivity index (χ0v) is 18.1. The number of benzene rings is 1. The predicted octanol–water partition coefficient (Wildman–Crippen LogP) is 2.83. The van der Waals surface area contributed by atoms with Crippen LogP contribution in [0.4, 0.5) is 4.39 Å². The van der Waals surface area contributed by atoms with Gasteiger partial charge in [0.25, 0.3) is 11.5 Å². The largest absolute Gasteiger partial charge is 0.347 e. The first kappa shape index (κ1) is 21.9. The molecule has 0 unspecified atom stereocenters. The number of hydrogen-bond donors (Lipinski definition) is 1. The Hall–Kier alpha value is -2.82. The molecule has 3 aromatic heterocycles. The summed E-state index contributed by atoms with van der Waals surface area (Å²) in [7, 11) is 0. The monoisotopic (exact) mass is 466 g/mol. The number of aryl methyl sites for hydroxylation is 1. The molecule has 0 saturated heterocycles. The Labute approximate surface area is 183 Å². The molecule has 1 aromatic carbocycles. The zero-order chi connectivity index (χ0) is 20.5. The Morgan fingerprint density at radius 3 is 2.63 bits per heavy atom. The molecule has 1 N–H and O–H groups in total. The van der Waals surface area contributed by atoms with Gasteiger partial charge in [0.2, 0.25) is 0 Å². The minimum Gasteiger partial charge on any atom is -0.347 e. The number of nitrogens with zero attached hydrogens (tertiary/aromatic N) is 3. The second kappa shape index (κ2) is 8.90. The van der Waals surface area contributed by atoms with Crippen LogP contribution in [0, 0.1) is 12.7 Å². The summed E-state index contributed by atoms with van der Waals surface area (Å²) < 4.78 is 15.4. The van der Waals surface area contributed by atoms with Gasteiger partial charge in [-0.1, -0.05) is 12.1 Å². The quantitative estimate of drug-likeness (QED) is 0.490. The van der Waals surface area contributed by atoms with Crippen molar-refractivity contribution in [2.24, 2.45) is 0 Å². The van der Waals surface area contributed by atoms with Crippen molar-refractivity contribution in [2.75, 3.05) is 0 Å². The molecule has 0 bridgehead atoms. The molecule has 0 spiro atoms. The fourth-order valence-corrected chi connectivity index (χ4v) is 4.45. The first-order chi connectivity index (χ1) is 13.9. The molecule has 30 heavy (non-hydrogen) atoms. The molecule has 0 fully saturated rings. The highest BCUT2D eigenvalue weighted by atomic mass is 35.5. The highest BCUT2D eigenvalue weighted by molar-refractivity contribution is 7.19. The summed E-state index contributed by atoms with van der Waals surface area (Å²) in [5, 5.41) is 5.17. The first-order valence-corrected chi connectivity index (χ1v) is 10.3. The molecule has 11 heteroatoms. The Morgan fingerprint density at radius 1 is 1.23 bits per heavy atom. The molecule has 4 rings (SSSR count). The van der Waals surface area contributed by atoms with Gasteiger partial charge in [0.1, 0.15) is 20.5 Å². The van der Waals surface area contributed by atoms with Gasteiger partial charge in [0, 0.05) is 29.9 Å². The van der Waals surface area contributed by atoms with Crippen LogP contribution in [0.3, 0.4) is 0 Å². The number of aromatic nitrogens is 3. The SMILES string of the molecule is Cc1c(=O)n(Cc2nccs2)c(=O)n2cc(C(=O)NCc3ccc(F)cc3)sc12.Cl. The second-order valence-electron chi connectivity index (χ2n) is 6.30. The van der Waals surface area contributed by atoms with Crippen molar-refractivity contribution in [1.82, 2.24) is 19.3 Å². The van der Waals surface area contributed by atoms with E-state index in [2.05, 4.69) is 10.3 Å². The summed E-state index contributed by atoms with van der Waals surface area (Å²) in [6.45, 7) is 1.94. The van der Waals surface area contributed by atoms with Crippen LogP contribution in [0.5, 0.6) is 0 Å². The predicted molar refractivity (Wildman–Crippen MR) is 117 cm³/mol. The third-order valence-corrected chi connectivity index (χ3v) is 6.33. The topological polar surface area (TPSA) is 85.5 Å². The maximum absolute atomic E-state index is 13.0. The molecule has 0 radical (unpaired) electrons. The van der Waals surface area contributed by atoms with E-state index in [1.54, 1.807) is 30.6 Å². The van der Waals surface area contributed by atoms with Gasteiger partial charge in [0.05, 0.1) is 6.54 Å². The van der Waals surface area contributed by atoms with Crippen LogP contribution in [-0.4, -0.2) is 19.9 Å². The third-order valence-electron chi connectivity index (χ3n) is 4.36. The Bertz CT molecular complexity index is 1310. The highest BCUT2D eigenvalue weighted by Crippen LogP contribution is 2.18. The van der Waals surface area contributed by atoms with E-state index in [9.17, 15) is 18.8 Å². The molecule has 3 heterocycles. The average molecular weight is 467 g/mol. The number of hydrogen-bond acceptors (Lipinski definition) is 6. The molecule has 0 atom stereocenters. The first-order valence-electron chi connectivity index (χ1n) is 8.60. The lowest BCUT2D eigenvalue weighted by Gasteiger charge is -2.05. The lowest BCUT2D eigenvalue weighted by atomic mass is 10.2. The van der Waals surface area contributed by atoms with Gasteiger partial charge in [-0.15, -0.1) is 35.1 Å². The molecule has 1 amide bonds. The second-order valence-corrected chi connectivity index (χ2v) is 8.31. The average Bonchev–Trinajstić information content (AvgIpc) is 3.39. The van der Waals surface area contributed by atoms with E-state index in [1.807, 2.05) is 0 Å². The summed E-state index contributed by atoms with van der Waals surface area (Å²) in [6.07, 6.45) is 3.05. The Morgan fingerprint density at radius 2 is 1.97 bits per heavy atom. The number of rotatable bonds is 5. The number of carbonyl (C=O) groups excluding carboxylic acids is 1. The number of amides is 1. The lowest BCUT2D eigenvalue weighted by Crippen LogP contribution is -2.38. The number of nitrogens with one attached hydrogen (secondary N) is 1. The van der Waals surface area contributed by atoms with Crippen molar-refractivity contribution >= 4 is 45.8 Å². The van der Waals surface area contributed by atoms with Crippen molar-refractivity contribution in [3.05, 3.63) is 89.7 Å². The van der Waals surface area contributed by atoms with Gasteiger partial charge in [0.15, 0.2) is 0 Å². The normalized spacial score (nSPS) is 10.7. The molecule has 0 aliphatic rings. The van der Waals surface area contributed by atoms with E-state index >= 15 is 0 Å². The molecular weight excluding hydrogens is 451 g/mol. The van der Waals surface area contributed by atoms with Gasteiger partial charge in [-0.25, -0.2) is 14.2 Å². The Kier molecular flexibility index (Phi) is 6.49. The van der Waals surface area contributed by atoms with Crippen LogP contribution < -0.4 is 16.6 Å². The van der Waals surface area contributed by atoms with E-state index in [0.29, 0.717) is 20.3 Å². The van der Waals surface area contributed by atoms with Crippen LogP contribution in [-0.2, 0) is 13.1 Å². The molecular formula is C19H16ClFN4O3S2. The van der Waals surface area contributed by atoms with Crippen molar-refractivity contribution in [3.8, 4) is 0 Å². The van der Waals surface area contributed by atoms with Gasteiger partial charge in [-0.3, -0.25) is 18.6 Å². The molecule has 0 saturated carbocycles. The molecule has 156 valence electrons. The van der Waals surface area contributed by atoms with Crippen LogP contribution in [0.2, 0.25) is 0 Å². The number of thiazole rings is 2. The summed E-state index contributed by atoms with van der Waals surface area (Å²) in [4.78, 5) is 42.8. The van der Waals surface area contributed by atoms with E-state index in [0.717, 1.165) is 21.5 Å². The smallest absolute Gasteiger partial charge is 0.336 e. The van der Waals surface area contributed by atoms with E-state index in [4.69, 9.17) is 0 Å². The van der Waals surface area contributed by atoms with Crippen molar-refractivity contribution < 1.29 is 9.18 Å². The highest BCUT2D eigenvalue weighted by Gasteiger charge is 2.18. The lowest BCUT2D eigenvalue weighted by molar-refractivity contribution is 0.0954. The van der Waals surface area contributed by atoms with Crippen LogP contribution in [0.25, 0.3) is 4.83 Å². The van der Waals surface area contributed by atoms with E-state index in [-0.39, 0.29) is 37.2 Å². The van der Waals surface area contributed by atoms with Crippen molar-refractivity contribution in [3.63, 3.8) is 0 Å². The molecule has 0 aliphatic heterocycles. The number of carbonyl (C=O) groups is 1. The molecule has 7 nitrogen and oxygen atoms in total. The van der Waals surface area contributed by atoms with E-state index < -0.39 is 11.2 Å². The summed E-state index contributed by atoms with van der Waals surface area (Å²) >= 11 is 2.44. The van der Waals surface area contributed by atoms with Gasteiger partial charge in [-0.2, -0.15) is 0 Å². The van der Waals surface area contributed by atoms with Crippen molar-refractivity contribution in [1.29, 1.82) is 0 Å². The van der Waals surface area contributed by atoms with Gasteiger partial charge in [-0.05, 0) is 24.6 Å². The minimum atomic E-state index is -0.514. The summed E-state index contributed by atoms with van der Waals surface area (Å²) in [5.74, 6) is -0.723. The molecule has 0 aliphatic carbocycles. The minimum absolute atomic E-state index is 0. The fourth-order valence-electron chi connectivity index (χ4n) is 2.85. The third kappa shape index (κ3) is 4.20. The Balaban J connectivity index is 0.00000256. The summed E-state index contributed by atoms with van der Waals surface area (Å²) in [6, 6.07) is 5.81. The number of fused-ring (bicyclic) bond motifs is 1. The summed E-state index contributed by atoms with van der Waals surface area (Å²) in [5.41, 5.74) is 0.228. The van der Waals surface area contributed by atoms with Crippen LogP contribution in [0.1, 0.15) is 25.8 Å². The van der Waals surface area contributed by atoms with Gasteiger partial charge < -0.3 is 5.32 Å². The maximum atomic E-state index is 13.0. The van der Waals surface area contributed by atoms with Gasteiger partial charge >= 0.3 is 5.69 Å². The molecule has 4 aromatic rings.